The standard InChI is InChI=1S/C18H31Cl2NO2Si3/c1-24(2,3)22-26(7,23-25(4,5)6)15-12-17(19)16(18(20)13-15)11-14-9-8-10-21-14/h12-13H,8-11H2,1-7H3. The van der Waals surface area contributed by atoms with Crippen LogP contribution in [0.25, 0.3) is 0 Å². The molecule has 26 heavy (non-hydrogen) atoms. The number of hydrogen-bond acceptors (Lipinski definition) is 3. The van der Waals surface area contributed by atoms with Crippen LogP contribution in [0.5, 0.6) is 0 Å². The first-order valence-corrected chi connectivity index (χ1v) is 19.1. The van der Waals surface area contributed by atoms with E-state index in [1.807, 2.05) is 12.1 Å². The Morgan fingerprint density at radius 2 is 1.42 bits per heavy atom. The number of aliphatic imine (C=N–C) groups is 1. The highest BCUT2D eigenvalue weighted by Gasteiger charge is 2.42. The van der Waals surface area contributed by atoms with E-state index in [0.717, 1.165) is 36.6 Å². The molecule has 0 amide bonds. The van der Waals surface area contributed by atoms with Crippen molar-refractivity contribution >= 4 is 59.3 Å². The van der Waals surface area contributed by atoms with Crippen LogP contribution in [0.1, 0.15) is 18.4 Å². The molecule has 146 valence electrons. The third-order valence-corrected chi connectivity index (χ3v) is 14.0. The summed E-state index contributed by atoms with van der Waals surface area (Å²) in [5.74, 6) is 0. The van der Waals surface area contributed by atoms with Gasteiger partial charge in [0.05, 0.1) is 0 Å². The Hall–Kier alpha value is 0.0406. The van der Waals surface area contributed by atoms with Crippen LogP contribution in [0.3, 0.4) is 0 Å². The van der Waals surface area contributed by atoms with E-state index in [9.17, 15) is 0 Å². The molecule has 0 unspecified atom stereocenters. The summed E-state index contributed by atoms with van der Waals surface area (Å²) in [5.41, 5.74) is 2.16. The van der Waals surface area contributed by atoms with E-state index in [2.05, 4.69) is 50.8 Å². The molecule has 1 aliphatic rings. The van der Waals surface area contributed by atoms with Gasteiger partial charge in [-0.25, -0.2) is 0 Å². The maximum absolute atomic E-state index is 6.66. The van der Waals surface area contributed by atoms with Gasteiger partial charge in [0.2, 0.25) is 0 Å². The first-order chi connectivity index (χ1) is 11.8. The summed E-state index contributed by atoms with van der Waals surface area (Å²) in [5, 5.41) is 2.41. The molecule has 0 saturated carbocycles. The van der Waals surface area contributed by atoms with E-state index in [0.29, 0.717) is 10.0 Å². The molecule has 3 nitrogen and oxygen atoms in total. The fourth-order valence-corrected chi connectivity index (χ4v) is 15.7. The van der Waals surface area contributed by atoms with Crippen molar-refractivity contribution in [2.75, 3.05) is 6.54 Å². The molecule has 0 N–H and O–H groups in total. The zero-order valence-corrected chi connectivity index (χ0v) is 21.5. The smallest absolute Gasteiger partial charge is 0.348 e. The molecular weight excluding hydrogens is 417 g/mol. The molecule has 0 aromatic heterocycles. The summed E-state index contributed by atoms with van der Waals surface area (Å²) < 4.78 is 13.2. The molecule has 0 spiro atoms. The fourth-order valence-electron chi connectivity index (χ4n) is 3.29. The van der Waals surface area contributed by atoms with Gasteiger partial charge in [-0.05, 0) is 81.6 Å². The van der Waals surface area contributed by atoms with Gasteiger partial charge in [-0.15, -0.1) is 0 Å². The van der Waals surface area contributed by atoms with Gasteiger partial charge in [-0.2, -0.15) is 0 Å². The number of nitrogens with zero attached hydrogens (tertiary/aromatic N) is 1. The predicted octanol–water partition coefficient (Wildman–Crippen LogP) is 5.75. The molecule has 1 aliphatic heterocycles. The van der Waals surface area contributed by atoms with Crippen molar-refractivity contribution in [3.63, 3.8) is 0 Å². The van der Waals surface area contributed by atoms with Crippen LogP contribution >= 0.6 is 23.2 Å². The van der Waals surface area contributed by atoms with Crippen molar-refractivity contribution in [2.45, 2.75) is 65.1 Å². The Labute approximate surface area is 171 Å². The van der Waals surface area contributed by atoms with Crippen molar-refractivity contribution in [2.24, 2.45) is 4.99 Å². The monoisotopic (exact) mass is 447 g/mol. The Morgan fingerprint density at radius 1 is 0.923 bits per heavy atom. The first-order valence-electron chi connectivity index (χ1n) is 9.20. The van der Waals surface area contributed by atoms with Gasteiger partial charge >= 0.3 is 8.56 Å². The maximum Gasteiger partial charge on any atom is 0.348 e. The molecule has 0 radical (unpaired) electrons. The average Bonchev–Trinajstić information content (AvgIpc) is 2.91. The average molecular weight is 449 g/mol. The lowest BCUT2D eigenvalue weighted by Gasteiger charge is -2.39. The molecule has 0 bridgehead atoms. The lowest BCUT2D eigenvalue weighted by molar-refractivity contribution is 0.404. The van der Waals surface area contributed by atoms with Crippen molar-refractivity contribution in [3.8, 4) is 0 Å². The van der Waals surface area contributed by atoms with E-state index >= 15 is 0 Å². The molecule has 8 heteroatoms. The van der Waals surface area contributed by atoms with Crippen molar-refractivity contribution in [1.29, 1.82) is 0 Å². The zero-order valence-electron chi connectivity index (χ0n) is 17.0. The summed E-state index contributed by atoms with van der Waals surface area (Å²) in [6.07, 6.45) is 2.90. The highest BCUT2D eigenvalue weighted by molar-refractivity contribution is 6.94. The highest BCUT2D eigenvalue weighted by Crippen LogP contribution is 2.29. The Morgan fingerprint density at radius 3 is 1.81 bits per heavy atom. The van der Waals surface area contributed by atoms with Crippen LogP contribution in [0.15, 0.2) is 17.1 Å². The summed E-state index contributed by atoms with van der Waals surface area (Å²) in [7, 11) is -6.20. The first kappa shape index (κ1) is 22.3. The predicted molar refractivity (Wildman–Crippen MR) is 122 cm³/mol. The zero-order chi connectivity index (χ0) is 19.8. The van der Waals surface area contributed by atoms with E-state index in [4.69, 9.17) is 31.4 Å². The molecular formula is C18H31Cl2NO2Si3. The summed E-state index contributed by atoms with van der Waals surface area (Å²) in [6, 6.07) is 4.04. The second kappa shape index (κ2) is 8.19. The minimum Gasteiger partial charge on any atom is -0.433 e. The van der Waals surface area contributed by atoms with Crippen LogP contribution in [0.2, 0.25) is 55.9 Å². The molecule has 1 heterocycles. The van der Waals surface area contributed by atoms with Gasteiger partial charge in [-0.3, -0.25) is 4.99 Å². The minimum atomic E-state index is -2.60. The number of hydrogen-bond donors (Lipinski definition) is 0. The second-order valence-corrected chi connectivity index (χ2v) is 22.4. The summed E-state index contributed by atoms with van der Waals surface area (Å²) in [6.45, 7) is 16.2. The van der Waals surface area contributed by atoms with Crippen LogP contribution in [-0.2, 0) is 14.7 Å². The van der Waals surface area contributed by atoms with Crippen LogP contribution < -0.4 is 5.19 Å². The van der Waals surface area contributed by atoms with Gasteiger partial charge in [-0.1, -0.05) is 23.2 Å². The highest BCUT2D eigenvalue weighted by atomic mass is 35.5. The lowest BCUT2D eigenvalue weighted by atomic mass is 10.1. The fraction of sp³-hybridized carbons (Fsp3) is 0.611. The van der Waals surface area contributed by atoms with Crippen molar-refractivity contribution in [3.05, 3.63) is 27.7 Å². The lowest BCUT2D eigenvalue weighted by Crippen LogP contribution is -2.60. The number of halogens is 2. The molecule has 0 atom stereocenters. The second-order valence-electron chi connectivity index (χ2n) is 9.02. The topological polar surface area (TPSA) is 30.8 Å². The van der Waals surface area contributed by atoms with Crippen LogP contribution in [0.4, 0.5) is 0 Å². The van der Waals surface area contributed by atoms with Gasteiger partial charge in [0.25, 0.3) is 0 Å². The van der Waals surface area contributed by atoms with E-state index in [-0.39, 0.29) is 0 Å². The third kappa shape index (κ3) is 6.29. The van der Waals surface area contributed by atoms with Crippen LogP contribution in [-0.4, -0.2) is 37.5 Å². The normalized spacial score (nSPS) is 16.1. The van der Waals surface area contributed by atoms with Gasteiger partial charge in [0.15, 0.2) is 16.6 Å². The van der Waals surface area contributed by atoms with Crippen LogP contribution in [0, 0.1) is 0 Å². The molecule has 1 aromatic carbocycles. The molecule has 0 saturated heterocycles. The molecule has 1 aromatic rings. The summed E-state index contributed by atoms with van der Waals surface area (Å²) in [4.78, 5) is 4.55. The molecule has 0 aliphatic carbocycles. The number of benzene rings is 1. The molecule has 2 rings (SSSR count). The Kier molecular flexibility index (Phi) is 7.03. The van der Waals surface area contributed by atoms with Crippen molar-refractivity contribution in [1.82, 2.24) is 0 Å². The SMILES string of the molecule is C[Si](C)(C)O[Si](C)(O[Si](C)(C)C)c1cc(Cl)c(CC2=NCCC2)c(Cl)c1. The van der Waals surface area contributed by atoms with Gasteiger partial charge in [0.1, 0.15) is 0 Å². The third-order valence-electron chi connectivity index (χ3n) is 4.01. The maximum atomic E-state index is 6.66. The van der Waals surface area contributed by atoms with E-state index < -0.39 is 25.2 Å². The summed E-state index contributed by atoms with van der Waals surface area (Å²) >= 11 is 13.3. The van der Waals surface area contributed by atoms with Crippen molar-refractivity contribution < 1.29 is 8.23 Å². The largest absolute Gasteiger partial charge is 0.433 e. The minimum absolute atomic E-state index is 0.694. The molecule has 0 fully saturated rings. The Balaban J connectivity index is 2.41. The van der Waals surface area contributed by atoms with E-state index in [1.54, 1.807) is 0 Å². The van der Waals surface area contributed by atoms with Gasteiger partial charge in [0, 0.05) is 28.7 Å². The van der Waals surface area contributed by atoms with Gasteiger partial charge < -0.3 is 8.23 Å². The van der Waals surface area contributed by atoms with E-state index in [1.165, 1.54) is 5.71 Å². The quantitative estimate of drug-likeness (QED) is 0.497. The Bertz CT molecular complexity index is 658. The number of rotatable bonds is 7.